The highest BCUT2D eigenvalue weighted by Gasteiger charge is 2.30. The summed E-state index contributed by atoms with van der Waals surface area (Å²) in [6, 6.07) is 0. The zero-order valence-corrected chi connectivity index (χ0v) is 11.8. The Morgan fingerprint density at radius 1 is 1.12 bits per heavy atom. The maximum Gasteiger partial charge on any atom is 0.0543 e. The third-order valence-electron chi connectivity index (χ3n) is 2.69. The number of methoxy groups -OCH3 is 2. The molecule has 96 valence electrons. The Bertz CT molecular complexity index is 197. The number of allylic oxidation sites excluding steroid dienone is 2. The number of hydrogen-bond donors (Lipinski definition) is 0. The van der Waals surface area contributed by atoms with Crippen LogP contribution in [-0.2, 0) is 9.47 Å². The summed E-state index contributed by atoms with van der Waals surface area (Å²) in [6.45, 7) is 10.3. The first-order valence-electron chi connectivity index (χ1n) is 6.07. The average molecular weight is 228 g/mol. The van der Waals surface area contributed by atoms with Gasteiger partial charge in [0.2, 0.25) is 0 Å². The molecule has 0 unspecified atom stereocenters. The molecule has 0 aromatic rings. The van der Waals surface area contributed by atoms with E-state index in [1.807, 2.05) is 0 Å². The summed E-state index contributed by atoms with van der Waals surface area (Å²) in [5.74, 6) is 0.663. The van der Waals surface area contributed by atoms with Crippen molar-refractivity contribution in [3.63, 3.8) is 0 Å². The van der Waals surface area contributed by atoms with E-state index in [0.29, 0.717) is 5.92 Å². The van der Waals surface area contributed by atoms with E-state index in [-0.39, 0.29) is 5.41 Å². The Hall–Kier alpha value is -0.340. The van der Waals surface area contributed by atoms with E-state index >= 15 is 0 Å². The SMILES string of the molecule is COCC(CC=C(C)C)(COC)CC(C)C. The van der Waals surface area contributed by atoms with Gasteiger partial charge in [0.1, 0.15) is 0 Å². The molecule has 0 aliphatic heterocycles. The molecule has 0 aromatic heterocycles. The van der Waals surface area contributed by atoms with Gasteiger partial charge in [0.15, 0.2) is 0 Å². The normalized spacial score (nSPS) is 11.9. The molecule has 0 atom stereocenters. The van der Waals surface area contributed by atoms with Crippen molar-refractivity contribution in [1.29, 1.82) is 0 Å². The third-order valence-corrected chi connectivity index (χ3v) is 2.69. The molecule has 0 aliphatic rings. The largest absolute Gasteiger partial charge is 0.384 e. The first-order valence-corrected chi connectivity index (χ1v) is 6.07. The Balaban J connectivity index is 4.69. The lowest BCUT2D eigenvalue weighted by Gasteiger charge is -2.33. The molecule has 0 bridgehead atoms. The Morgan fingerprint density at radius 3 is 1.94 bits per heavy atom. The Morgan fingerprint density at radius 2 is 1.62 bits per heavy atom. The van der Waals surface area contributed by atoms with Crippen LogP contribution in [0, 0.1) is 11.3 Å². The van der Waals surface area contributed by atoms with E-state index in [1.54, 1.807) is 14.2 Å². The van der Waals surface area contributed by atoms with Crippen molar-refractivity contribution in [3.8, 4) is 0 Å². The fourth-order valence-electron chi connectivity index (χ4n) is 2.26. The molecule has 0 N–H and O–H groups in total. The van der Waals surface area contributed by atoms with Gasteiger partial charge in [0.05, 0.1) is 13.2 Å². The second-order valence-electron chi connectivity index (χ2n) is 5.45. The van der Waals surface area contributed by atoms with Gasteiger partial charge >= 0.3 is 0 Å². The molecule has 0 amide bonds. The number of rotatable bonds is 8. The van der Waals surface area contributed by atoms with E-state index in [0.717, 1.165) is 26.1 Å². The summed E-state index contributed by atoms with van der Waals surface area (Å²) >= 11 is 0. The van der Waals surface area contributed by atoms with E-state index in [1.165, 1.54) is 5.57 Å². The van der Waals surface area contributed by atoms with Gasteiger partial charge in [-0.2, -0.15) is 0 Å². The smallest absolute Gasteiger partial charge is 0.0543 e. The minimum absolute atomic E-state index is 0.134. The second-order valence-corrected chi connectivity index (χ2v) is 5.45. The average Bonchev–Trinajstić information content (AvgIpc) is 2.14. The molecule has 0 aromatic carbocycles. The molecule has 2 nitrogen and oxygen atoms in total. The van der Waals surface area contributed by atoms with Crippen LogP contribution >= 0.6 is 0 Å². The van der Waals surface area contributed by atoms with Gasteiger partial charge in [0.25, 0.3) is 0 Å². The van der Waals surface area contributed by atoms with Crippen LogP contribution in [0.25, 0.3) is 0 Å². The third kappa shape index (κ3) is 6.29. The minimum atomic E-state index is 0.134. The summed E-state index contributed by atoms with van der Waals surface area (Å²) in [6.07, 6.45) is 4.47. The monoisotopic (exact) mass is 228 g/mol. The molecule has 0 radical (unpaired) electrons. The highest BCUT2D eigenvalue weighted by atomic mass is 16.5. The molecule has 0 saturated heterocycles. The lowest BCUT2D eigenvalue weighted by Crippen LogP contribution is -2.33. The van der Waals surface area contributed by atoms with Crippen LogP contribution in [0.2, 0.25) is 0 Å². The molecule has 16 heavy (non-hydrogen) atoms. The molecule has 0 saturated carbocycles. The first-order chi connectivity index (χ1) is 7.45. The highest BCUT2D eigenvalue weighted by Crippen LogP contribution is 2.32. The van der Waals surface area contributed by atoms with Gasteiger partial charge in [-0.1, -0.05) is 25.5 Å². The van der Waals surface area contributed by atoms with E-state index < -0.39 is 0 Å². The minimum Gasteiger partial charge on any atom is -0.384 e. The van der Waals surface area contributed by atoms with Crippen molar-refractivity contribution < 1.29 is 9.47 Å². The Labute approximate surface area is 101 Å². The van der Waals surface area contributed by atoms with Crippen molar-refractivity contribution in [2.45, 2.75) is 40.5 Å². The van der Waals surface area contributed by atoms with Gasteiger partial charge in [-0.15, -0.1) is 0 Å². The zero-order valence-electron chi connectivity index (χ0n) is 11.8. The summed E-state index contributed by atoms with van der Waals surface area (Å²) < 4.78 is 10.8. The van der Waals surface area contributed by atoms with Crippen molar-refractivity contribution in [1.82, 2.24) is 0 Å². The number of ether oxygens (including phenoxy) is 2. The summed E-state index contributed by atoms with van der Waals surface area (Å²) in [5, 5.41) is 0. The molecular weight excluding hydrogens is 200 g/mol. The molecule has 2 heteroatoms. The summed E-state index contributed by atoms with van der Waals surface area (Å²) in [5.41, 5.74) is 1.50. The molecular formula is C14H28O2. The van der Waals surface area contributed by atoms with Crippen LogP contribution in [0.5, 0.6) is 0 Å². The molecule has 0 aliphatic carbocycles. The lowest BCUT2D eigenvalue weighted by molar-refractivity contribution is -0.00148. The predicted molar refractivity (Wildman–Crippen MR) is 69.7 cm³/mol. The van der Waals surface area contributed by atoms with Crippen molar-refractivity contribution in [2.75, 3.05) is 27.4 Å². The zero-order chi connectivity index (χ0) is 12.6. The van der Waals surface area contributed by atoms with Gasteiger partial charge in [-0.25, -0.2) is 0 Å². The van der Waals surface area contributed by atoms with E-state index in [4.69, 9.17) is 9.47 Å². The van der Waals surface area contributed by atoms with Crippen LogP contribution in [0.4, 0.5) is 0 Å². The van der Waals surface area contributed by atoms with E-state index in [2.05, 4.69) is 33.8 Å². The quantitative estimate of drug-likeness (QED) is 0.590. The summed E-state index contributed by atoms with van der Waals surface area (Å²) in [4.78, 5) is 0. The van der Waals surface area contributed by atoms with Crippen molar-refractivity contribution >= 4 is 0 Å². The van der Waals surface area contributed by atoms with Crippen LogP contribution in [0.15, 0.2) is 11.6 Å². The highest BCUT2D eigenvalue weighted by molar-refractivity contribution is 4.98. The fourth-order valence-corrected chi connectivity index (χ4v) is 2.26. The Kier molecular flexibility index (Phi) is 7.69. The first kappa shape index (κ1) is 15.7. The van der Waals surface area contributed by atoms with Gasteiger partial charge < -0.3 is 9.47 Å². The van der Waals surface area contributed by atoms with E-state index in [9.17, 15) is 0 Å². The predicted octanol–water partition coefficient (Wildman–Crippen LogP) is 3.67. The topological polar surface area (TPSA) is 18.5 Å². The second kappa shape index (κ2) is 7.86. The van der Waals surface area contributed by atoms with Crippen LogP contribution < -0.4 is 0 Å². The van der Waals surface area contributed by atoms with Gasteiger partial charge in [0, 0.05) is 19.6 Å². The van der Waals surface area contributed by atoms with Crippen LogP contribution in [-0.4, -0.2) is 27.4 Å². The maximum absolute atomic E-state index is 5.38. The van der Waals surface area contributed by atoms with Gasteiger partial charge in [-0.05, 0) is 32.6 Å². The van der Waals surface area contributed by atoms with Crippen LogP contribution in [0.1, 0.15) is 40.5 Å². The lowest BCUT2D eigenvalue weighted by atomic mass is 9.78. The fraction of sp³-hybridized carbons (Fsp3) is 0.857. The van der Waals surface area contributed by atoms with Crippen LogP contribution in [0.3, 0.4) is 0 Å². The number of hydrogen-bond acceptors (Lipinski definition) is 2. The summed E-state index contributed by atoms with van der Waals surface area (Å²) in [7, 11) is 3.54. The molecule has 0 rings (SSSR count). The van der Waals surface area contributed by atoms with Gasteiger partial charge in [-0.3, -0.25) is 0 Å². The molecule has 0 heterocycles. The molecule has 0 spiro atoms. The maximum atomic E-state index is 5.38. The van der Waals surface area contributed by atoms with Crippen molar-refractivity contribution in [2.24, 2.45) is 11.3 Å². The van der Waals surface area contributed by atoms with Crippen molar-refractivity contribution in [3.05, 3.63) is 11.6 Å². The standard InChI is InChI=1S/C14H28O2/c1-12(2)7-8-14(10-15-5,11-16-6)9-13(3)4/h7,13H,8-11H2,1-6H3. The molecule has 0 fully saturated rings.